The molecular formula is C17H19N3O. The Morgan fingerprint density at radius 3 is 2.57 bits per heavy atom. The van der Waals surface area contributed by atoms with E-state index >= 15 is 0 Å². The van der Waals surface area contributed by atoms with Crippen LogP contribution in [0.25, 0.3) is 5.69 Å². The molecule has 3 rings (SSSR count). The van der Waals surface area contributed by atoms with Crippen molar-refractivity contribution >= 4 is 0 Å². The summed E-state index contributed by atoms with van der Waals surface area (Å²) in [7, 11) is 0. The van der Waals surface area contributed by atoms with Crippen LogP contribution in [-0.2, 0) is 0 Å². The maximum atomic E-state index is 5.42. The van der Waals surface area contributed by atoms with Gasteiger partial charge in [0.2, 0.25) is 0 Å². The molecule has 0 aliphatic rings. The van der Waals surface area contributed by atoms with Crippen molar-refractivity contribution in [1.82, 2.24) is 15.1 Å². The fraction of sp³-hybridized carbons (Fsp3) is 0.235. The van der Waals surface area contributed by atoms with E-state index in [1.165, 1.54) is 0 Å². The highest BCUT2D eigenvalue weighted by Gasteiger charge is 2.14. The van der Waals surface area contributed by atoms with E-state index < -0.39 is 0 Å². The van der Waals surface area contributed by atoms with Gasteiger partial charge < -0.3 is 9.73 Å². The van der Waals surface area contributed by atoms with Crippen LogP contribution in [0.2, 0.25) is 0 Å². The second-order valence-corrected chi connectivity index (χ2v) is 5.18. The number of nitrogens with one attached hydrogen (secondary N) is 1. The number of nitrogens with zero attached hydrogens (tertiary/aromatic N) is 2. The summed E-state index contributed by atoms with van der Waals surface area (Å²) in [6.45, 7) is 4.22. The molecule has 0 radical (unpaired) electrons. The van der Waals surface area contributed by atoms with Crippen LogP contribution in [0.1, 0.15) is 37.3 Å². The van der Waals surface area contributed by atoms with Gasteiger partial charge in [0.25, 0.3) is 0 Å². The monoisotopic (exact) mass is 281 g/mol. The molecule has 4 nitrogen and oxygen atoms in total. The summed E-state index contributed by atoms with van der Waals surface area (Å²) in [6.07, 6.45) is 5.66. The van der Waals surface area contributed by atoms with E-state index in [0.29, 0.717) is 0 Å². The minimum atomic E-state index is 0.162. The van der Waals surface area contributed by atoms with Crippen molar-refractivity contribution in [3.63, 3.8) is 0 Å². The molecule has 1 unspecified atom stereocenters. The Morgan fingerprint density at radius 2 is 1.86 bits per heavy atom. The molecule has 0 amide bonds. The second kappa shape index (κ2) is 5.97. The molecule has 4 heteroatoms. The number of hydrogen-bond donors (Lipinski definition) is 1. The third kappa shape index (κ3) is 3.06. The lowest BCUT2D eigenvalue weighted by atomic mass is 10.1. The Bertz CT molecular complexity index is 673. The highest BCUT2D eigenvalue weighted by molar-refractivity contribution is 5.31. The lowest BCUT2D eigenvalue weighted by Gasteiger charge is -2.17. The molecule has 0 aliphatic carbocycles. The third-order valence-corrected chi connectivity index (χ3v) is 3.59. The van der Waals surface area contributed by atoms with E-state index in [0.717, 1.165) is 17.0 Å². The number of aromatic nitrogens is 2. The van der Waals surface area contributed by atoms with Gasteiger partial charge in [-0.1, -0.05) is 18.2 Å². The molecule has 0 bridgehead atoms. The van der Waals surface area contributed by atoms with Crippen molar-refractivity contribution in [1.29, 1.82) is 0 Å². The largest absolute Gasteiger partial charge is 0.468 e. The van der Waals surface area contributed by atoms with Crippen molar-refractivity contribution in [2.45, 2.75) is 25.9 Å². The molecule has 1 N–H and O–H groups in total. The van der Waals surface area contributed by atoms with E-state index in [1.807, 2.05) is 53.3 Å². The van der Waals surface area contributed by atoms with E-state index in [-0.39, 0.29) is 12.1 Å². The molecule has 0 fully saturated rings. The molecule has 2 aromatic heterocycles. The molecule has 108 valence electrons. The zero-order chi connectivity index (χ0) is 14.7. The lowest BCUT2D eigenvalue weighted by Crippen LogP contribution is -2.21. The number of rotatable bonds is 5. The molecule has 0 saturated carbocycles. The van der Waals surface area contributed by atoms with Crippen LogP contribution in [0, 0.1) is 0 Å². The molecule has 0 saturated heterocycles. The topological polar surface area (TPSA) is 43.0 Å². The van der Waals surface area contributed by atoms with Gasteiger partial charge in [0.15, 0.2) is 0 Å². The normalized spacial score (nSPS) is 14.0. The molecule has 0 aliphatic heterocycles. The summed E-state index contributed by atoms with van der Waals surface area (Å²) in [6, 6.07) is 14.4. The predicted molar refractivity (Wildman–Crippen MR) is 82.2 cm³/mol. The number of furan rings is 1. The second-order valence-electron chi connectivity index (χ2n) is 5.18. The van der Waals surface area contributed by atoms with Crippen LogP contribution in [-0.4, -0.2) is 9.78 Å². The first-order valence-electron chi connectivity index (χ1n) is 7.13. The van der Waals surface area contributed by atoms with Crippen molar-refractivity contribution in [2.24, 2.45) is 0 Å². The number of benzene rings is 1. The average molecular weight is 281 g/mol. The Balaban J connectivity index is 1.71. The van der Waals surface area contributed by atoms with Gasteiger partial charge in [0.1, 0.15) is 5.76 Å². The van der Waals surface area contributed by atoms with Gasteiger partial charge in [-0.2, -0.15) is 5.10 Å². The zero-order valence-electron chi connectivity index (χ0n) is 12.2. The maximum absolute atomic E-state index is 5.42. The zero-order valence-corrected chi connectivity index (χ0v) is 12.2. The predicted octanol–water partition coefficient (Wildman–Crippen LogP) is 3.88. The summed E-state index contributed by atoms with van der Waals surface area (Å²) >= 11 is 0. The van der Waals surface area contributed by atoms with Crippen molar-refractivity contribution in [3.05, 3.63) is 72.4 Å². The van der Waals surface area contributed by atoms with Crippen LogP contribution < -0.4 is 5.32 Å². The van der Waals surface area contributed by atoms with Gasteiger partial charge in [-0.3, -0.25) is 0 Å². The quantitative estimate of drug-likeness (QED) is 0.772. The Hall–Kier alpha value is -2.33. The summed E-state index contributed by atoms with van der Waals surface area (Å²) in [4.78, 5) is 0. The van der Waals surface area contributed by atoms with Crippen LogP contribution in [0.5, 0.6) is 0 Å². The Labute approximate surface area is 124 Å². The highest BCUT2D eigenvalue weighted by atomic mass is 16.3. The van der Waals surface area contributed by atoms with Gasteiger partial charge in [-0.05, 0) is 38.1 Å². The molecule has 1 aromatic carbocycles. The van der Waals surface area contributed by atoms with Gasteiger partial charge in [0, 0.05) is 17.8 Å². The van der Waals surface area contributed by atoms with Crippen LogP contribution in [0.15, 0.2) is 65.5 Å². The summed E-state index contributed by atoms with van der Waals surface area (Å²) in [5.74, 6) is 0.942. The first kappa shape index (κ1) is 13.6. The summed E-state index contributed by atoms with van der Waals surface area (Å²) in [5, 5.41) is 7.95. The van der Waals surface area contributed by atoms with Gasteiger partial charge in [-0.15, -0.1) is 0 Å². The van der Waals surface area contributed by atoms with Crippen LogP contribution >= 0.6 is 0 Å². The molecule has 0 spiro atoms. The molecule has 21 heavy (non-hydrogen) atoms. The smallest absolute Gasteiger partial charge is 0.120 e. The van der Waals surface area contributed by atoms with E-state index in [2.05, 4.69) is 30.5 Å². The van der Waals surface area contributed by atoms with Crippen molar-refractivity contribution in [2.75, 3.05) is 0 Å². The van der Waals surface area contributed by atoms with Gasteiger partial charge in [-0.25, -0.2) is 4.68 Å². The fourth-order valence-corrected chi connectivity index (χ4v) is 2.37. The van der Waals surface area contributed by atoms with Crippen LogP contribution in [0.4, 0.5) is 0 Å². The van der Waals surface area contributed by atoms with E-state index in [4.69, 9.17) is 4.42 Å². The number of hydrogen-bond acceptors (Lipinski definition) is 3. The number of para-hydroxylation sites is 1. The molecule has 2 atom stereocenters. The van der Waals surface area contributed by atoms with Crippen LogP contribution in [0.3, 0.4) is 0 Å². The Kier molecular flexibility index (Phi) is 3.88. The minimum Gasteiger partial charge on any atom is -0.468 e. The molecular weight excluding hydrogens is 262 g/mol. The molecule has 2 heterocycles. The van der Waals surface area contributed by atoms with Gasteiger partial charge >= 0.3 is 0 Å². The SMILES string of the molecule is CC(N[C@@H](C)c1ccco1)c1cnn(-c2ccccc2)c1. The minimum absolute atomic E-state index is 0.162. The summed E-state index contributed by atoms with van der Waals surface area (Å²) in [5.41, 5.74) is 2.22. The maximum Gasteiger partial charge on any atom is 0.120 e. The van der Waals surface area contributed by atoms with E-state index in [9.17, 15) is 0 Å². The van der Waals surface area contributed by atoms with Gasteiger partial charge in [0.05, 0.1) is 24.2 Å². The highest BCUT2D eigenvalue weighted by Crippen LogP contribution is 2.20. The Morgan fingerprint density at radius 1 is 1.05 bits per heavy atom. The fourth-order valence-electron chi connectivity index (χ4n) is 2.37. The average Bonchev–Trinajstić information content (AvgIpc) is 3.20. The van der Waals surface area contributed by atoms with Crippen molar-refractivity contribution < 1.29 is 4.42 Å². The third-order valence-electron chi connectivity index (χ3n) is 3.59. The standard InChI is InChI=1S/C17H19N3O/c1-13(19-14(2)17-9-6-10-21-17)15-11-18-20(12-15)16-7-4-3-5-8-16/h3-14,19H,1-2H3/t13?,14-/m0/s1. The van der Waals surface area contributed by atoms with Crippen molar-refractivity contribution in [3.8, 4) is 5.69 Å². The first-order chi connectivity index (χ1) is 10.2. The first-order valence-corrected chi connectivity index (χ1v) is 7.13. The molecule has 3 aromatic rings. The lowest BCUT2D eigenvalue weighted by molar-refractivity contribution is 0.403. The summed E-state index contributed by atoms with van der Waals surface area (Å²) < 4.78 is 7.32. The van der Waals surface area contributed by atoms with E-state index in [1.54, 1.807) is 6.26 Å².